The molecule has 6 nitrogen and oxygen atoms in total. The summed E-state index contributed by atoms with van der Waals surface area (Å²) in [5.41, 5.74) is -1.06. The summed E-state index contributed by atoms with van der Waals surface area (Å²) >= 11 is 0. The molecule has 1 aliphatic carbocycles. The standard InChI is InChI=1S/C19H32BN3O3/c1-17(2)18(3,4)26-20(25-17)15-8-11-23(12-15)16(24)22-14-19(13-21)9-6-5-7-10-19/h15H,5-12,14H2,1-4H3,(H,22,24). The van der Waals surface area contributed by atoms with Gasteiger partial charge in [-0.1, -0.05) is 19.3 Å². The van der Waals surface area contributed by atoms with Gasteiger partial charge in [-0.05, 0) is 47.0 Å². The van der Waals surface area contributed by atoms with E-state index in [-0.39, 0.29) is 35.6 Å². The molecule has 0 aromatic heterocycles. The molecule has 144 valence electrons. The average Bonchev–Trinajstić information content (AvgIpc) is 3.17. The van der Waals surface area contributed by atoms with Crippen LogP contribution in [0.25, 0.3) is 0 Å². The minimum absolute atomic E-state index is 0.0655. The van der Waals surface area contributed by atoms with Gasteiger partial charge in [-0.3, -0.25) is 0 Å². The zero-order valence-electron chi connectivity index (χ0n) is 16.6. The first-order valence-corrected chi connectivity index (χ1v) is 9.98. The highest BCUT2D eigenvalue weighted by molar-refractivity contribution is 6.47. The number of hydrogen-bond acceptors (Lipinski definition) is 4. The molecule has 2 heterocycles. The molecule has 0 radical (unpaired) electrons. The lowest BCUT2D eigenvalue weighted by molar-refractivity contribution is 0.00578. The van der Waals surface area contributed by atoms with Crippen LogP contribution in [0.4, 0.5) is 4.79 Å². The van der Waals surface area contributed by atoms with Crippen molar-refractivity contribution in [3.05, 3.63) is 0 Å². The van der Waals surface area contributed by atoms with Crippen LogP contribution in [0.15, 0.2) is 0 Å². The van der Waals surface area contributed by atoms with Crippen molar-refractivity contribution in [1.82, 2.24) is 10.2 Å². The van der Waals surface area contributed by atoms with Gasteiger partial charge >= 0.3 is 13.1 Å². The molecule has 3 aliphatic rings. The number of nitrogens with one attached hydrogen (secondary N) is 1. The predicted octanol–water partition coefficient (Wildman–Crippen LogP) is 3.34. The van der Waals surface area contributed by atoms with Crippen molar-refractivity contribution in [2.75, 3.05) is 19.6 Å². The van der Waals surface area contributed by atoms with Gasteiger partial charge in [0.05, 0.1) is 22.7 Å². The predicted molar refractivity (Wildman–Crippen MR) is 101 cm³/mol. The smallest absolute Gasteiger partial charge is 0.403 e. The highest BCUT2D eigenvalue weighted by Gasteiger charge is 2.54. The first-order chi connectivity index (χ1) is 12.2. The highest BCUT2D eigenvalue weighted by Crippen LogP contribution is 2.42. The Kier molecular flexibility index (Phi) is 5.29. The van der Waals surface area contributed by atoms with Crippen LogP contribution in [0.3, 0.4) is 0 Å². The number of carbonyl (C=O) groups is 1. The molecule has 1 unspecified atom stereocenters. The van der Waals surface area contributed by atoms with Crippen LogP contribution >= 0.6 is 0 Å². The lowest BCUT2D eigenvalue weighted by Crippen LogP contribution is -2.44. The summed E-state index contributed by atoms with van der Waals surface area (Å²) < 4.78 is 12.3. The Labute approximate surface area is 157 Å². The molecule has 2 aliphatic heterocycles. The van der Waals surface area contributed by atoms with E-state index in [0.717, 1.165) is 32.1 Å². The Balaban J connectivity index is 1.51. The largest absolute Gasteiger partial charge is 0.463 e. The quantitative estimate of drug-likeness (QED) is 0.783. The molecule has 0 bridgehead atoms. The van der Waals surface area contributed by atoms with E-state index in [1.165, 1.54) is 6.42 Å². The monoisotopic (exact) mass is 361 g/mol. The number of nitrogens with zero attached hydrogens (tertiary/aromatic N) is 2. The number of urea groups is 1. The van der Waals surface area contributed by atoms with Crippen LogP contribution in [0, 0.1) is 16.7 Å². The van der Waals surface area contributed by atoms with Gasteiger partial charge in [0.1, 0.15) is 0 Å². The molecular weight excluding hydrogens is 329 g/mol. The van der Waals surface area contributed by atoms with Gasteiger partial charge in [0.15, 0.2) is 0 Å². The summed E-state index contributed by atoms with van der Waals surface area (Å²) in [5, 5.41) is 12.6. The molecule has 1 N–H and O–H groups in total. The third-order valence-electron chi connectivity index (χ3n) is 6.79. The fraction of sp³-hybridized carbons (Fsp3) is 0.895. The zero-order valence-corrected chi connectivity index (χ0v) is 16.6. The second kappa shape index (κ2) is 7.05. The van der Waals surface area contributed by atoms with E-state index in [1.807, 2.05) is 4.90 Å². The minimum Gasteiger partial charge on any atom is -0.403 e. The summed E-state index contributed by atoms with van der Waals surface area (Å²) in [6, 6.07) is 2.40. The van der Waals surface area contributed by atoms with E-state index in [4.69, 9.17) is 9.31 Å². The van der Waals surface area contributed by atoms with E-state index >= 15 is 0 Å². The molecule has 1 atom stereocenters. The third kappa shape index (κ3) is 3.72. The van der Waals surface area contributed by atoms with Gasteiger partial charge in [0.25, 0.3) is 0 Å². The minimum atomic E-state index is -0.376. The molecule has 3 fully saturated rings. The Morgan fingerprint density at radius 3 is 2.38 bits per heavy atom. The number of amides is 2. The fourth-order valence-electron chi connectivity index (χ4n) is 4.19. The number of nitriles is 1. The Morgan fingerprint density at radius 2 is 1.81 bits per heavy atom. The van der Waals surface area contributed by atoms with E-state index in [1.54, 1.807) is 0 Å². The highest BCUT2D eigenvalue weighted by atomic mass is 16.7. The van der Waals surface area contributed by atoms with Crippen LogP contribution in [0.1, 0.15) is 66.2 Å². The summed E-state index contributed by atoms with van der Waals surface area (Å²) in [4.78, 5) is 14.4. The lowest BCUT2D eigenvalue weighted by atomic mass is 9.71. The summed E-state index contributed by atoms with van der Waals surface area (Å²) in [6.07, 6.45) is 6.02. The maximum atomic E-state index is 12.6. The molecular formula is C19H32BN3O3. The molecule has 3 rings (SSSR count). The van der Waals surface area contributed by atoms with Gasteiger partial charge in [-0.25, -0.2) is 4.79 Å². The molecule has 26 heavy (non-hydrogen) atoms. The fourth-order valence-corrected chi connectivity index (χ4v) is 4.19. The van der Waals surface area contributed by atoms with E-state index in [9.17, 15) is 10.1 Å². The maximum absolute atomic E-state index is 12.6. The number of rotatable bonds is 3. The van der Waals surface area contributed by atoms with Crippen LogP contribution in [-0.4, -0.2) is 48.9 Å². The van der Waals surface area contributed by atoms with Crippen molar-refractivity contribution in [3.63, 3.8) is 0 Å². The van der Waals surface area contributed by atoms with E-state index in [2.05, 4.69) is 39.1 Å². The molecule has 0 spiro atoms. The molecule has 0 aromatic rings. The van der Waals surface area contributed by atoms with E-state index < -0.39 is 0 Å². The lowest BCUT2D eigenvalue weighted by Gasteiger charge is -2.32. The van der Waals surface area contributed by atoms with Gasteiger partial charge in [-0.15, -0.1) is 0 Å². The summed E-state index contributed by atoms with van der Waals surface area (Å²) in [6.45, 7) is 10.0. The van der Waals surface area contributed by atoms with Crippen molar-refractivity contribution >= 4 is 13.1 Å². The van der Waals surface area contributed by atoms with Crippen molar-refractivity contribution < 1.29 is 14.1 Å². The number of likely N-dealkylation sites (tertiary alicyclic amines) is 1. The average molecular weight is 361 g/mol. The number of hydrogen-bond donors (Lipinski definition) is 1. The van der Waals surface area contributed by atoms with Crippen molar-refractivity contribution in [2.24, 2.45) is 5.41 Å². The normalized spacial score (nSPS) is 29.4. The maximum Gasteiger partial charge on any atom is 0.463 e. The van der Waals surface area contributed by atoms with Crippen LogP contribution in [0.5, 0.6) is 0 Å². The van der Waals surface area contributed by atoms with Crippen LogP contribution in [0.2, 0.25) is 5.82 Å². The topological polar surface area (TPSA) is 74.6 Å². The first kappa shape index (κ1) is 19.5. The zero-order chi connectivity index (χ0) is 19.0. The van der Waals surface area contributed by atoms with Gasteiger partial charge < -0.3 is 19.5 Å². The molecule has 1 saturated carbocycles. The van der Waals surface area contributed by atoms with Gasteiger partial charge in [-0.2, -0.15) is 5.26 Å². The second-order valence-corrected chi connectivity index (χ2v) is 9.23. The molecule has 2 amide bonds. The Bertz CT molecular complexity index is 565. The van der Waals surface area contributed by atoms with Gasteiger partial charge in [0, 0.05) is 25.5 Å². The summed E-state index contributed by atoms with van der Waals surface area (Å²) in [7, 11) is -0.262. The van der Waals surface area contributed by atoms with Gasteiger partial charge in [0.2, 0.25) is 0 Å². The van der Waals surface area contributed by atoms with Crippen molar-refractivity contribution in [3.8, 4) is 6.07 Å². The molecule has 2 saturated heterocycles. The Hall–Kier alpha value is -1.26. The molecule has 7 heteroatoms. The summed E-state index contributed by atoms with van der Waals surface area (Å²) in [5.74, 6) is 0.196. The number of carbonyl (C=O) groups excluding carboxylic acids is 1. The van der Waals surface area contributed by atoms with Crippen LogP contribution < -0.4 is 5.32 Å². The van der Waals surface area contributed by atoms with E-state index in [0.29, 0.717) is 19.6 Å². The van der Waals surface area contributed by atoms with Crippen molar-refractivity contribution in [1.29, 1.82) is 5.26 Å². The van der Waals surface area contributed by atoms with Crippen LogP contribution in [-0.2, 0) is 9.31 Å². The SMILES string of the molecule is CC1(C)OB(C2CCN(C(=O)NCC3(C#N)CCCCC3)C2)OC1(C)C. The Morgan fingerprint density at radius 1 is 1.19 bits per heavy atom. The second-order valence-electron chi connectivity index (χ2n) is 9.23. The first-order valence-electron chi connectivity index (χ1n) is 9.98. The molecule has 0 aromatic carbocycles. The van der Waals surface area contributed by atoms with Crippen molar-refractivity contribution in [2.45, 2.75) is 83.2 Å². The third-order valence-corrected chi connectivity index (χ3v) is 6.79.